The highest BCUT2D eigenvalue weighted by Crippen LogP contribution is 2.29. The summed E-state index contributed by atoms with van der Waals surface area (Å²) in [5, 5.41) is 0. The molecule has 1 aliphatic rings. The number of nitrogens with zero attached hydrogens (tertiary/aromatic N) is 1. The van der Waals surface area contributed by atoms with E-state index in [0.29, 0.717) is 12.0 Å². The molecule has 0 bridgehead atoms. The van der Waals surface area contributed by atoms with Crippen LogP contribution < -0.4 is 5.73 Å². The molecular formula is C11H24N2. The summed E-state index contributed by atoms with van der Waals surface area (Å²) in [6.45, 7) is 6.77. The molecule has 0 aliphatic heterocycles. The SMILES string of the molecule is CCC(C)C(N)CN(C)CC1CC1. The lowest BCUT2D eigenvalue weighted by Gasteiger charge is -2.24. The molecule has 2 N–H and O–H groups in total. The first-order valence-corrected chi connectivity index (χ1v) is 5.57. The standard InChI is InChI=1S/C11H24N2/c1-4-9(2)11(12)8-13(3)7-10-5-6-10/h9-11H,4-8,12H2,1-3H3. The highest BCUT2D eigenvalue weighted by atomic mass is 15.1. The lowest BCUT2D eigenvalue weighted by molar-refractivity contribution is 0.265. The Labute approximate surface area is 82.5 Å². The molecule has 1 fully saturated rings. The third-order valence-corrected chi connectivity index (χ3v) is 3.16. The van der Waals surface area contributed by atoms with Gasteiger partial charge in [-0.3, -0.25) is 0 Å². The van der Waals surface area contributed by atoms with Crippen LogP contribution in [0, 0.1) is 11.8 Å². The molecule has 0 aromatic rings. The van der Waals surface area contributed by atoms with Crippen molar-refractivity contribution in [3.05, 3.63) is 0 Å². The van der Waals surface area contributed by atoms with Crippen LogP contribution in [0.25, 0.3) is 0 Å². The highest BCUT2D eigenvalue weighted by Gasteiger charge is 2.23. The first kappa shape index (κ1) is 11.0. The normalized spacial score (nSPS) is 21.9. The largest absolute Gasteiger partial charge is 0.326 e. The van der Waals surface area contributed by atoms with E-state index in [2.05, 4.69) is 25.8 Å². The van der Waals surface area contributed by atoms with Gasteiger partial charge in [0.25, 0.3) is 0 Å². The van der Waals surface area contributed by atoms with E-state index in [0.717, 1.165) is 12.5 Å². The quantitative estimate of drug-likeness (QED) is 0.681. The van der Waals surface area contributed by atoms with E-state index >= 15 is 0 Å². The van der Waals surface area contributed by atoms with Crippen LogP contribution in [0.5, 0.6) is 0 Å². The maximum Gasteiger partial charge on any atom is 0.0193 e. The summed E-state index contributed by atoms with van der Waals surface area (Å²) in [6.07, 6.45) is 4.06. The van der Waals surface area contributed by atoms with Crippen molar-refractivity contribution in [1.29, 1.82) is 0 Å². The Bertz CT molecular complexity index is 143. The van der Waals surface area contributed by atoms with Crippen LogP contribution in [0.3, 0.4) is 0 Å². The van der Waals surface area contributed by atoms with Crippen molar-refractivity contribution in [2.75, 3.05) is 20.1 Å². The second-order valence-corrected chi connectivity index (χ2v) is 4.71. The Kier molecular flexibility index (Phi) is 4.20. The Morgan fingerprint density at radius 1 is 1.46 bits per heavy atom. The maximum absolute atomic E-state index is 6.08. The molecule has 0 radical (unpaired) electrons. The monoisotopic (exact) mass is 184 g/mol. The van der Waals surface area contributed by atoms with E-state index in [1.165, 1.54) is 25.8 Å². The van der Waals surface area contributed by atoms with Crippen LogP contribution in [-0.4, -0.2) is 31.1 Å². The Morgan fingerprint density at radius 2 is 2.08 bits per heavy atom. The molecule has 0 heterocycles. The van der Waals surface area contributed by atoms with Crippen molar-refractivity contribution in [1.82, 2.24) is 4.90 Å². The van der Waals surface area contributed by atoms with Crippen LogP contribution in [0.15, 0.2) is 0 Å². The van der Waals surface area contributed by atoms with Crippen molar-refractivity contribution < 1.29 is 0 Å². The van der Waals surface area contributed by atoms with Crippen molar-refractivity contribution in [2.24, 2.45) is 17.6 Å². The van der Waals surface area contributed by atoms with Gasteiger partial charge < -0.3 is 10.6 Å². The number of hydrogen-bond acceptors (Lipinski definition) is 2. The van der Waals surface area contributed by atoms with Crippen molar-refractivity contribution in [3.8, 4) is 0 Å². The predicted molar refractivity (Wildman–Crippen MR) is 57.7 cm³/mol. The minimum atomic E-state index is 0.355. The van der Waals surface area contributed by atoms with Crippen LogP contribution in [0.1, 0.15) is 33.1 Å². The van der Waals surface area contributed by atoms with Gasteiger partial charge in [-0.2, -0.15) is 0 Å². The molecule has 1 saturated carbocycles. The molecule has 2 heteroatoms. The molecule has 0 aromatic carbocycles. The summed E-state index contributed by atoms with van der Waals surface area (Å²) in [5.41, 5.74) is 6.08. The average Bonchev–Trinajstić information content (AvgIpc) is 2.86. The lowest BCUT2D eigenvalue weighted by Crippen LogP contribution is -2.40. The fraction of sp³-hybridized carbons (Fsp3) is 1.00. The Balaban J connectivity index is 2.13. The molecule has 13 heavy (non-hydrogen) atoms. The zero-order valence-electron chi connectivity index (χ0n) is 9.29. The van der Waals surface area contributed by atoms with Crippen molar-refractivity contribution in [3.63, 3.8) is 0 Å². The van der Waals surface area contributed by atoms with Gasteiger partial charge >= 0.3 is 0 Å². The van der Waals surface area contributed by atoms with Gasteiger partial charge in [0.15, 0.2) is 0 Å². The van der Waals surface area contributed by atoms with Gasteiger partial charge in [0.1, 0.15) is 0 Å². The average molecular weight is 184 g/mol. The number of hydrogen-bond donors (Lipinski definition) is 1. The van der Waals surface area contributed by atoms with E-state index in [1.807, 2.05) is 0 Å². The molecule has 0 amide bonds. The third kappa shape index (κ3) is 4.10. The van der Waals surface area contributed by atoms with E-state index < -0.39 is 0 Å². The summed E-state index contributed by atoms with van der Waals surface area (Å²) in [5.74, 6) is 1.63. The number of rotatable bonds is 6. The second kappa shape index (κ2) is 4.97. The fourth-order valence-corrected chi connectivity index (χ4v) is 1.66. The van der Waals surface area contributed by atoms with Gasteiger partial charge in [-0.25, -0.2) is 0 Å². The molecule has 0 spiro atoms. The summed E-state index contributed by atoms with van der Waals surface area (Å²) in [7, 11) is 2.19. The van der Waals surface area contributed by atoms with Gasteiger partial charge in [0, 0.05) is 19.1 Å². The summed E-state index contributed by atoms with van der Waals surface area (Å²) < 4.78 is 0. The van der Waals surface area contributed by atoms with Gasteiger partial charge in [-0.05, 0) is 31.7 Å². The third-order valence-electron chi connectivity index (χ3n) is 3.16. The molecule has 0 aromatic heterocycles. The summed E-state index contributed by atoms with van der Waals surface area (Å²) in [6, 6.07) is 0.355. The van der Waals surface area contributed by atoms with Gasteiger partial charge in [0.2, 0.25) is 0 Å². The minimum absolute atomic E-state index is 0.355. The summed E-state index contributed by atoms with van der Waals surface area (Å²) >= 11 is 0. The maximum atomic E-state index is 6.08. The van der Waals surface area contributed by atoms with E-state index in [1.54, 1.807) is 0 Å². The highest BCUT2D eigenvalue weighted by molar-refractivity contribution is 4.78. The fourth-order valence-electron chi connectivity index (χ4n) is 1.66. The minimum Gasteiger partial charge on any atom is -0.326 e. The van der Waals surface area contributed by atoms with Crippen molar-refractivity contribution >= 4 is 0 Å². The first-order valence-electron chi connectivity index (χ1n) is 5.57. The van der Waals surface area contributed by atoms with Crippen LogP contribution in [0.2, 0.25) is 0 Å². The zero-order chi connectivity index (χ0) is 9.84. The number of likely N-dealkylation sites (N-methyl/N-ethyl adjacent to an activating group) is 1. The molecular weight excluding hydrogens is 160 g/mol. The smallest absolute Gasteiger partial charge is 0.0193 e. The first-order chi connectivity index (χ1) is 6.13. The van der Waals surface area contributed by atoms with Crippen LogP contribution in [0.4, 0.5) is 0 Å². The lowest BCUT2D eigenvalue weighted by atomic mass is 10.00. The second-order valence-electron chi connectivity index (χ2n) is 4.71. The van der Waals surface area contributed by atoms with Crippen LogP contribution in [-0.2, 0) is 0 Å². The molecule has 2 unspecified atom stereocenters. The van der Waals surface area contributed by atoms with E-state index in [9.17, 15) is 0 Å². The van der Waals surface area contributed by atoms with Gasteiger partial charge in [0.05, 0.1) is 0 Å². The molecule has 2 nitrogen and oxygen atoms in total. The van der Waals surface area contributed by atoms with Gasteiger partial charge in [-0.1, -0.05) is 20.3 Å². The predicted octanol–water partition coefficient (Wildman–Crippen LogP) is 1.70. The van der Waals surface area contributed by atoms with Crippen molar-refractivity contribution in [2.45, 2.75) is 39.2 Å². The molecule has 1 aliphatic carbocycles. The van der Waals surface area contributed by atoms with E-state index in [4.69, 9.17) is 5.73 Å². The summed E-state index contributed by atoms with van der Waals surface area (Å²) in [4.78, 5) is 2.40. The molecule has 2 atom stereocenters. The molecule has 0 saturated heterocycles. The molecule has 78 valence electrons. The zero-order valence-corrected chi connectivity index (χ0v) is 9.29. The van der Waals surface area contributed by atoms with E-state index in [-0.39, 0.29) is 0 Å². The Hall–Kier alpha value is -0.0800. The topological polar surface area (TPSA) is 29.3 Å². The number of nitrogens with two attached hydrogens (primary N) is 1. The Morgan fingerprint density at radius 3 is 2.54 bits per heavy atom. The van der Waals surface area contributed by atoms with Crippen LogP contribution >= 0.6 is 0 Å². The van der Waals surface area contributed by atoms with Gasteiger partial charge in [-0.15, -0.1) is 0 Å². The molecule has 1 rings (SSSR count).